The Bertz CT molecular complexity index is 1350. The van der Waals surface area contributed by atoms with Crippen molar-refractivity contribution >= 4 is 27.8 Å². The monoisotopic (exact) mass is 511 g/mol. The third-order valence-corrected chi connectivity index (χ3v) is 6.89. The molecule has 5 heteroatoms. The van der Waals surface area contributed by atoms with Crippen LogP contribution in [0.5, 0.6) is 0 Å². The lowest BCUT2D eigenvalue weighted by Crippen LogP contribution is -2.44. The van der Waals surface area contributed by atoms with Crippen molar-refractivity contribution in [2.75, 3.05) is 0 Å². The Balaban J connectivity index is 1.66. The molecule has 168 valence electrons. The van der Waals surface area contributed by atoms with Crippen molar-refractivity contribution in [2.45, 2.75) is 18.5 Å². The molecule has 0 bridgehead atoms. The second kappa shape index (κ2) is 9.27. The zero-order valence-electron chi connectivity index (χ0n) is 18.3. The number of halogens is 1. The molecule has 0 fully saturated rings. The molecule has 0 radical (unpaired) electrons. The maximum absolute atomic E-state index is 13.8. The van der Waals surface area contributed by atoms with Crippen molar-refractivity contribution in [2.24, 2.45) is 0 Å². The predicted octanol–water partition coefficient (Wildman–Crippen LogP) is 6.68. The molecule has 0 saturated heterocycles. The van der Waals surface area contributed by atoms with Crippen molar-refractivity contribution in [1.29, 1.82) is 0 Å². The van der Waals surface area contributed by atoms with Gasteiger partial charge in [0.05, 0.1) is 6.04 Å². The van der Waals surface area contributed by atoms with E-state index in [1.807, 2.05) is 78.9 Å². The second-order valence-corrected chi connectivity index (χ2v) is 9.27. The van der Waals surface area contributed by atoms with Crippen LogP contribution in [0.15, 0.2) is 108 Å². The van der Waals surface area contributed by atoms with Crippen molar-refractivity contribution in [1.82, 2.24) is 4.90 Å². The van der Waals surface area contributed by atoms with Crippen LogP contribution in [0.25, 0.3) is 11.1 Å². The number of benzene rings is 4. The third-order valence-electron chi connectivity index (χ3n) is 6.36. The number of hydrogen-bond acceptors (Lipinski definition) is 2. The first-order valence-corrected chi connectivity index (χ1v) is 11.9. The quantitative estimate of drug-likeness (QED) is 0.325. The number of carbonyl (C=O) groups excluding carboxylic acids is 1. The summed E-state index contributed by atoms with van der Waals surface area (Å²) < 4.78 is 0.895. The Morgan fingerprint density at radius 1 is 0.794 bits per heavy atom. The molecular weight excluding hydrogens is 490 g/mol. The first kappa shape index (κ1) is 22.1. The minimum atomic E-state index is -0.950. The Morgan fingerprint density at radius 2 is 1.41 bits per heavy atom. The van der Waals surface area contributed by atoms with Crippen molar-refractivity contribution in [3.8, 4) is 11.1 Å². The highest BCUT2D eigenvalue weighted by Crippen LogP contribution is 2.44. The van der Waals surface area contributed by atoms with Gasteiger partial charge < -0.3 is 10.0 Å². The lowest BCUT2D eigenvalue weighted by Gasteiger charge is -2.41. The van der Waals surface area contributed by atoms with E-state index in [-0.39, 0.29) is 5.91 Å². The molecule has 4 aromatic carbocycles. The largest absolute Gasteiger partial charge is 0.481 e. The van der Waals surface area contributed by atoms with Gasteiger partial charge in [-0.05, 0) is 46.0 Å². The van der Waals surface area contributed by atoms with E-state index in [9.17, 15) is 14.7 Å². The summed E-state index contributed by atoms with van der Waals surface area (Å²) in [7, 11) is 0. The van der Waals surface area contributed by atoms with Gasteiger partial charge in [0.2, 0.25) is 0 Å². The first-order chi connectivity index (χ1) is 16.5. The Kier molecular flexibility index (Phi) is 6.03. The van der Waals surface area contributed by atoms with Gasteiger partial charge in [0, 0.05) is 16.6 Å². The Morgan fingerprint density at radius 3 is 2.12 bits per heavy atom. The summed E-state index contributed by atoms with van der Waals surface area (Å²) in [5.41, 5.74) is 4.83. The number of carboxylic acid groups (broad SMARTS) is 1. The fraction of sp³-hybridized carbons (Fsp3) is 0.103. The summed E-state index contributed by atoms with van der Waals surface area (Å²) in [5, 5.41) is 10.3. The average Bonchev–Trinajstić information content (AvgIpc) is 2.87. The number of rotatable bonds is 5. The molecule has 1 aliphatic rings. The molecule has 0 aliphatic carbocycles. The standard InChI is InChI=1S/C29H22BrNO3/c30-22-16-14-20(15-17-22)27-26(29(33)34)24-12-6-7-13-25(24)28(32)31(27)18-21-10-4-5-11-23(21)19-8-2-1-3-9-19/h1-17,26-27H,18H2,(H,33,34). The van der Waals surface area contributed by atoms with E-state index in [2.05, 4.69) is 15.9 Å². The molecular formula is C29H22BrNO3. The van der Waals surface area contributed by atoms with Gasteiger partial charge in [-0.25, -0.2) is 0 Å². The van der Waals surface area contributed by atoms with Crippen LogP contribution >= 0.6 is 15.9 Å². The van der Waals surface area contributed by atoms with E-state index in [0.717, 1.165) is 26.7 Å². The van der Waals surface area contributed by atoms with Crippen LogP contribution in [0.3, 0.4) is 0 Å². The van der Waals surface area contributed by atoms with E-state index in [4.69, 9.17) is 0 Å². The lowest BCUT2D eigenvalue weighted by molar-refractivity contribution is -0.140. The molecule has 1 heterocycles. The summed E-state index contributed by atoms with van der Waals surface area (Å²) >= 11 is 3.46. The normalized spacial score (nSPS) is 17.3. The number of carboxylic acids is 1. The number of amides is 1. The SMILES string of the molecule is O=C(O)C1c2ccccc2C(=O)N(Cc2ccccc2-c2ccccc2)C1c1ccc(Br)cc1. The molecule has 2 atom stereocenters. The molecule has 5 rings (SSSR count). The second-order valence-electron chi connectivity index (χ2n) is 8.36. The minimum Gasteiger partial charge on any atom is -0.481 e. The Hall–Kier alpha value is -3.70. The highest BCUT2D eigenvalue weighted by molar-refractivity contribution is 9.10. The molecule has 0 aromatic heterocycles. The fourth-order valence-electron chi connectivity index (χ4n) is 4.81. The molecule has 1 N–H and O–H groups in total. The predicted molar refractivity (Wildman–Crippen MR) is 135 cm³/mol. The van der Waals surface area contributed by atoms with Gasteiger partial charge in [0.25, 0.3) is 5.91 Å². The average molecular weight is 512 g/mol. The van der Waals surface area contributed by atoms with E-state index in [0.29, 0.717) is 17.7 Å². The van der Waals surface area contributed by atoms with Crippen molar-refractivity contribution < 1.29 is 14.7 Å². The van der Waals surface area contributed by atoms with Gasteiger partial charge in [-0.15, -0.1) is 0 Å². The van der Waals surface area contributed by atoms with Crippen LogP contribution in [0.1, 0.15) is 39.0 Å². The topological polar surface area (TPSA) is 57.6 Å². The van der Waals surface area contributed by atoms with Crippen LogP contribution in [-0.2, 0) is 11.3 Å². The van der Waals surface area contributed by atoms with Crippen LogP contribution in [0.2, 0.25) is 0 Å². The number of carbonyl (C=O) groups is 2. The molecule has 2 unspecified atom stereocenters. The maximum atomic E-state index is 13.8. The minimum absolute atomic E-state index is 0.163. The highest BCUT2D eigenvalue weighted by atomic mass is 79.9. The van der Waals surface area contributed by atoms with E-state index in [1.54, 1.807) is 29.2 Å². The number of nitrogens with zero attached hydrogens (tertiary/aromatic N) is 1. The molecule has 1 amide bonds. The zero-order valence-corrected chi connectivity index (χ0v) is 19.9. The van der Waals surface area contributed by atoms with Gasteiger partial charge in [-0.1, -0.05) is 101 Å². The zero-order chi connectivity index (χ0) is 23.7. The van der Waals surface area contributed by atoms with Crippen molar-refractivity contribution in [3.05, 3.63) is 130 Å². The maximum Gasteiger partial charge on any atom is 0.313 e. The summed E-state index contributed by atoms with van der Waals surface area (Å²) in [6.07, 6.45) is 0. The lowest BCUT2D eigenvalue weighted by atomic mass is 9.79. The number of fused-ring (bicyclic) bond motifs is 1. The first-order valence-electron chi connectivity index (χ1n) is 11.1. The van der Waals surface area contributed by atoms with E-state index in [1.165, 1.54) is 0 Å². The summed E-state index contributed by atoms with van der Waals surface area (Å²) in [6.45, 7) is 0.294. The van der Waals surface area contributed by atoms with Crippen LogP contribution < -0.4 is 0 Å². The van der Waals surface area contributed by atoms with E-state index >= 15 is 0 Å². The fourth-order valence-corrected chi connectivity index (χ4v) is 5.07. The molecule has 1 aliphatic heterocycles. The molecule has 34 heavy (non-hydrogen) atoms. The van der Waals surface area contributed by atoms with Crippen molar-refractivity contribution in [3.63, 3.8) is 0 Å². The molecule has 4 nitrogen and oxygen atoms in total. The van der Waals surface area contributed by atoms with Gasteiger partial charge in [0.1, 0.15) is 5.92 Å². The molecule has 0 saturated carbocycles. The Labute approximate surface area is 206 Å². The summed E-state index contributed by atoms with van der Waals surface area (Å²) in [5.74, 6) is -1.99. The molecule has 4 aromatic rings. The van der Waals surface area contributed by atoms with E-state index < -0.39 is 17.9 Å². The van der Waals surface area contributed by atoms with Gasteiger partial charge in [-0.2, -0.15) is 0 Å². The van der Waals surface area contributed by atoms with Gasteiger partial charge >= 0.3 is 5.97 Å². The van der Waals surface area contributed by atoms with Crippen LogP contribution in [-0.4, -0.2) is 21.9 Å². The van der Waals surface area contributed by atoms with Gasteiger partial charge in [-0.3, -0.25) is 9.59 Å². The highest BCUT2D eigenvalue weighted by Gasteiger charge is 2.44. The van der Waals surface area contributed by atoms with Crippen LogP contribution in [0.4, 0.5) is 0 Å². The number of aliphatic carboxylic acids is 1. The third kappa shape index (κ3) is 4.03. The summed E-state index contributed by atoms with van der Waals surface area (Å²) in [4.78, 5) is 28.1. The number of hydrogen-bond donors (Lipinski definition) is 1. The smallest absolute Gasteiger partial charge is 0.313 e. The summed E-state index contributed by atoms with van der Waals surface area (Å²) in [6, 6.07) is 32.0. The van der Waals surface area contributed by atoms with Crippen LogP contribution in [0, 0.1) is 0 Å². The van der Waals surface area contributed by atoms with Gasteiger partial charge in [0.15, 0.2) is 0 Å². The molecule has 0 spiro atoms.